The zero-order valence-corrected chi connectivity index (χ0v) is 15.2. The Bertz CT molecular complexity index is 826. The Balaban J connectivity index is 1.59. The lowest BCUT2D eigenvalue weighted by molar-refractivity contribution is 0.0945. The first-order valence-electron chi connectivity index (χ1n) is 8.93. The van der Waals surface area contributed by atoms with Crippen LogP contribution in [0.1, 0.15) is 41.6 Å². The number of amides is 1. The van der Waals surface area contributed by atoms with Gasteiger partial charge in [0.05, 0.1) is 31.6 Å². The van der Waals surface area contributed by atoms with Gasteiger partial charge in [0.15, 0.2) is 5.75 Å². The highest BCUT2D eigenvalue weighted by Crippen LogP contribution is 2.14. The number of unbranched alkanes of at least 4 members (excludes halogenated alkanes) is 1. The summed E-state index contributed by atoms with van der Waals surface area (Å²) >= 11 is 0. The lowest BCUT2D eigenvalue weighted by Crippen LogP contribution is -2.34. The third-order valence-electron chi connectivity index (χ3n) is 4.53. The molecule has 2 aromatic heterocycles. The van der Waals surface area contributed by atoms with Crippen LogP contribution in [0.3, 0.4) is 0 Å². The predicted molar refractivity (Wildman–Crippen MR) is 97.2 cm³/mol. The number of ether oxygens (including phenoxy) is 1. The van der Waals surface area contributed by atoms with E-state index < -0.39 is 0 Å². The second-order valence-electron chi connectivity index (χ2n) is 6.44. The summed E-state index contributed by atoms with van der Waals surface area (Å²) < 4.78 is 6.91. The van der Waals surface area contributed by atoms with Gasteiger partial charge in [-0.25, -0.2) is 0 Å². The van der Waals surface area contributed by atoms with Crippen molar-refractivity contribution in [2.45, 2.75) is 39.4 Å². The number of rotatable bonds is 7. The third kappa shape index (κ3) is 4.13. The molecule has 140 valence electrons. The average Bonchev–Trinajstić information content (AvgIpc) is 3.06. The lowest BCUT2D eigenvalue weighted by atomic mass is 10.2. The van der Waals surface area contributed by atoms with Crippen LogP contribution in [0.2, 0.25) is 0 Å². The van der Waals surface area contributed by atoms with Crippen LogP contribution in [0.5, 0.6) is 5.75 Å². The fourth-order valence-corrected chi connectivity index (χ4v) is 3.05. The molecule has 0 saturated carbocycles. The zero-order chi connectivity index (χ0) is 18.5. The van der Waals surface area contributed by atoms with E-state index in [-0.39, 0.29) is 22.8 Å². The van der Waals surface area contributed by atoms with E-state index in [1.54, 1.807) is 0 Å². The molecule has 2 N–H and O–H groups in total. The summed E-state index contributed by atoms with van der Waals surface area (Å²) in [6.45, 7) is 6.41. The van der Waals surface area contributed by atoms with Crippen molar-refractivity contribution in [3.05, 3.63) is 45.6 Å². The van der Waals surface area contributed by atoms with Crippen molar-refractivity contribution >= 4 is 5.91 Å². The number of carbonyl (C=O) groups is 1. The van der Waals surface area contributed by atoms with Gasteiger partial charge in [0.25, 0.3) is 5.91 Å². The van der Waals surface area contributed by atoms with Gasteiger partial charge in [0.2, 0.25) is 5.43 Å². The summed E-state index contributed by atoms with van der Waals surface area (Å²) in [6, 6.07) is 3.27. The minimum absolute atomic E-state index is 0.177. The molecule has 3 rings (SSSR count). The molecule has 0 atom stereocenters. The van der Waals surface area contributed by atoms with Gasteiger partial charge in [-0.15, -0.1) is 0 Å². The molecule has 2 aromatic rings. The molecule has 0 fully saturated rings. The van der Waals surface area contributed by atoms with Crippen molar-refractivity contribution in [3.8, 4) is 5.75 Å². The van der Waals surface area contributed by atoms with Gasteiger partial charge < -0.3 is 15.0 Å². The Kier molecular flexibility index (Phi) is 5.72. The van der Waals surface area contributed by atoms with Crippen LogP contribution in [-0.4, -0.2) is 45.8 Å². The predicted octanol–water partition coefficient (Wildman–Crippen LogP) is 1.13. The van der Waals surface area contributed by atoms with E-state index in [1.807, 2.05) is 10.7 Å². The Hall–Kier alpha value is -2.61. The van der Waals surface area contributed by atoms with E-state index in [2.05, 4.69) is 27.2 Å². The molecule has 1 aliphatic rings. The van der Waals surface area contributed by atoms with Gasteiger partial charge >= 0.3 is 0 Å². The van der Waals surface area contributed by atoms with Crippen LogP contribution in [0.25, 0.3) is 0 Å². The van der Waals surface area contributed by atoms with Gasteiger partial charge in [0.1, 0.15) is 5.69 Å². The van der Waals surface area contributed by atoms with Gasteiger partial charge in [-0.05, 0) is 19.0 Å². The summed E-state index contributed by atoms with van der Waals surface area (Å²) in [5.41, 5.74) is 1.86. The number of nitrogens with zero attached hydrogens (tertiary/aromatic N) is 3. The second kappa shape index (κ2) is 8.18. The number of carbonyl (C=O) groups excluding carboxylic acids is 1. The molecule has 1 amide bonds. The number of fused-ring (bicyclic) bond motifs is 1. The molecule has 0 saturated heterocycles. The smallest absolute Gasteiger partial charge is 0.268 e. The molecule has 8 heteroatoms. The molecular weight excluding hydrogens is 334 g/mol. The summed E-state index contributed by atoms with van der Waals surface area (Å²) in [5, 5.41) is 7.35. The molecular formula is C18H25N5O3. The minimum Gasteiger partial charge on any atom is -0.491 e. The van der Waals surface area contributed by atoms with Crippen LogP contribution in [0, 0.1) is 0 Å². The third-order valence-corrected chi connectivity index (χ3v) is 4.53. The Labute approximate surface area is 152 Å². The van der Waals surface area contributed by atoms with E-state index in [0.29, 0.717) is 6.54 Å². The van der Waals surface area contributed by atoms with Crippen LogP contribution in [0.4, 0.5) is 0 Å². The van der Waals surface area contributed by atoms with E-state index in [0.717, 1.165) is 31.9 Å². The van der Waals surface area contributed by atoms with Crippen LogP contribution >= 0.6 is 0 Å². The van der Waals surface area contributed by atoms with Gasteiger partial charge in [-0.1, -0.05) is 13.3 Å². The maximum absolute atomic E-state index is 12.2. The maximum atomic E-state index is 12.2. The molecule has 1 aliphatic heterocycles. The number of pyridine rings is 1. The van der Waals surface area contributed by atoms with Gasteiger partial charge in [-0.2, -0.15) is 5.10 Å². The first kappa shape index (κ1) is 18.2. The Morgan fingerprint density at radius 1 is 1.38 bits per heavy atom. The molecule has 0 spiro atoms. The highest BCUT2D eigenvalue weighted by atomic mass is 16.5. The van der Waals surface area contributed by atoms with Crippen molar-refractivity contribution in [3.63, 3.8) is 0 Å². The quantitative estimate of drug-likeness (QED) is 0.773. The molecule has 3 heterocycles. The highest BCUT2D eigenvalue weighted by molar-refractivity contribution is 5.92. The van der Waals surface area contributed by atoms with E-state index >= 15 is 0 Å². The first-order chi connectivity index (χ1) is 12.6. The number of nitrogens with one attached hydrogen (secondary N) is 2. The average molecular weight is 359 g/mol. The molecule has 0 aromatic carbocycles. The van der Waals surface area contributed by atoms with Crippen molar-refractivity contribution < 1.29 is 9.53 Å². The topological polar surface area (TPSA) is 92.2 Å². The standard InChI is InChI=1S/C18H25N5O3/c1-3-4-5-22-6-7-23-14(12-22)8-13(21-23)10-20-18(25)15-9-16(24)17(26-2)11-19-15/h8-9,11H,3-7,10,12H2,1-2H3,(H,19,24)(H,20,25). The highest BCUT2D eigenvalue weighted by Gasteiger charge is 2.18. The van der Waals surface area contributed by atoms with E-state index in [4.69, 9.17) is 4.74 Å². The summed E-state index contributed by atoms with van der Waals surface area (Å²) in [7, 11) is 1.41. The molecule has 8 nitrogen and oxygen atoms in total. The Morgan fingerprint density at radius 2 is 2.23 bits per heavy atom. The van der Waals surface area contributed by atoms with Crippen molar-refractivity contribution in [2.24, 2.45) is 0 Å². The normalized spacial score (nSPS) is 14.1. The number of hydrogen-bond acceptors (Lipinski definition) is 5. The van der Waals surface area contributed by atoms with E-state index in [9.17, 15) is 9.59 Å². The number of methoxy groups -OCH3 is 1. The monoisotopic (exact) mass is 359 g/mol. The molecule has 26 heavy (non-hydrogen) atoms. The molecule has 0 radical (unpaired) electrons. The number of aromatic amines is 1. The van der Waals surface area contributed by atoms with Crippen LogP contribution in [0.15, 0.2) is 23.1 Å². The van der Waals surface area contributed by atoms with Crippen LogP contribution < -0.4 is 15.5 Å². The van der Waals surface area contributed by atoms with Crippen molar-refractivity contribution in [1.29, 1.82) is 0 Å². The number of aromatic nitrogens is 3. The second-order valence-corrected chi connectivity index (χ2v) is 6.44. The summed E-state index contributed by atoms with van der Waals surface area (Å²) in [6.07, 6.45) is 3.79. The molecule has 0 aliphatic carbocycles. The molecule has 0 bridgehead atoms. The molecule has 0 unspecified atom stereocenters. The summed E-state index contributed by atoms with van der Waals surface area (Å²) in [5.74, 6) is -0.170. The largest absolute Gasteiger partial charge is 0.491 e. The first-order valence-corrected chi connectivity index (χ1v) is 8.93. The van der Waals surface area contributed by atoms with Crippen molar-refractivity contribution in [1.82, 2.24) is 25.0 Å². The SMILES string of the molecule is CCCCN1CCn2nc(CNC(=O)c3cc(=O)c(OC)c[nH]3)cc2C1. The van der Waals surface area contributed by atoms with Gasteiger partial charge in [-0.3, -0.25) is 19.2 Å². The van der Waals surface area contributed by atoms with Gasteiger partial charge in [0, 0.05) is 25.4 Å². The van der Waals surface area contributed by atoms with Crippen LogP contribution in [-0.2, 0) is 19.6 Å². The Morgan fingerprint density at radius 3 is 2.96 bits per heavy atom. The number of H-pyrrole nitrogens is 1. The maximum Gasteiger partial charge on any atom is 0.268 e. The summed E-state index contributed by atoms with van der Waals surface area (Å²) in [4.78, 5) is 29.2. The fraction of sp³-hybridized carbons (Fsp3) is 0.500. The lowest BCUT2D eigenvalue weighted by Gasteiger charge is -2.27. The van der Waals surface area contributed by atoms with Crippen molar-refractivity contribution in [2.75, 3.05) is 20.2 Å². The zero-order valence-electron chi connectivity index (χ0n) is 15.2. The fourth-order valence-electron chi connectivity index (χ4n) is 3.05. The van der Waals surface area contributed by atoms with E-state index in [1.165, 1.54) is 37.9 Å². The number of hydrogen-bond donors (Lipinski definition) is 2. The minimum atomic E-state index is -0.347.